The molecule has 22 heavy (non-hydrogen) atoms. The topological polar surface area (TPSA) is 88.1 Å². The molecule has 1 aromatic heterocycles. The van der Waals surface area contributed by atoms with E-state index in [0.29, 0.717) is 29.8 Å². The minimum absolute atomic E-state index is 0.00765. The van der Waals surface area contributed by atoms with Gasteiger partial charge in [-0.2, -0.15) is 5.26 Å². The number of rotatable bonds is 1. The highest BCUT2D eigenvalue weighted by atomic mass is 19.1. The van der Waals surface area contributed by atoms with Crippen molar-refractivity contribution in [2.24, 2.45) is 0 Å². The minimum Gasteiger partial charge on any atom is -0.381 e. The van der Waals surface area contributed by atoms with Gasteiger partial charge in [-0.1, -0.05) is 0 Å². The average molecular weight is 301 g/mol. The molecule has 2 heterocycles. The first-order valence-electron chi connectivity index (χ1n) is 7.05. The number of halogens is 1. The van der Waals surface area contributed by atoms with Crippen molar-refractivity contribution < 1.29 is 9.13 Å². The van der Waals surface area contributed by atoms with Gasteiger partial charge in [0.2, 0.25) is 0 Å². The van der Waals surface area contributed by atoms with Gasteiger partial charge in [0.05, 0.1) is 28.9 Å². The zero-order valence-corrected chi connectivity index (χ0v) is 12.4. The molecule has 0 amide bonds. The largest absolute Gasteiger partial charge is 0.381 e. The summed E-state index contributed by atoms with van der Waals surface area (Å²) in [6.45, 7) is 5.12. The lowest BCUT2D eigenvalue weighted by Gasteiger charge is -2.37. The third-order valence-electron chi connectivity index (χ3n) is 3.63. The molecule has 0 unspecified atom stereocenters. The first-order chi connectivity index (χ1) is 10.5. The smallest absolute Gasteiger partial charge is 0.183 e. The van der Waals surface area contributed by atoms with E-state index in [1.165, 1.54) is 6.07 Å². The van der Waals surface area contributed by atoms with Gasteiger partial charge in [0.1, 0.15) is 11.9 Å². The van der Waals surface area contributed by atoms with E-state index >= 15 is 0 Å². The van der Waals surface area contributed by atoms with E-state index in [1.54, 1.807) is 6.07 Å². The van der Waals surface area contributed by atoms with Crippen molar-refractivity contribution in [1.82, 2.24) is 9.97 Å². The van der Waals surface area contributed by atoms with Crippen LogP contribution in [0, 0.1) is 17.1 Å². The Morgan fingerprint density at radius 1 is 1.27 bits per heavy atom. The molecule has 1 fully saturated rings. The van der Waals surface area contributed by atoms with Crippen LogP contribution in [-0.2, 0) is 4.74 Å². The minimum atomic E-state index is -0.392. The molecule has 1 aliphatic heterocycles. The maximum absolute atomic E-state index is 14.4. The number of anilines is 2. The molecule has 2 N–H and O–H groups in total. The number of nitrogen functional groups attached to an aromatic ring is 1. The zero-order chi connectivity index (χ0) is 15.9. The third kappa shape index (κ3) is 2.53. The van der Waals surface area contributed by atoms with E-state index in [2.05, 4.69) is 9.97 Å². The number of nitriles is 1. The van der Waals surface area contributed by atoms with E-state index in [4.69, 9.17) is 15.7 Å². The highest BCUT2D eigenvalue weighted by molar-refractivity contribution is 5.81. The summed E-state index contributed by atoms with van der Waals surface area (Å²) in [7, 11) is 0. The van der Waals surface area contributed by atoms with Gasteiger partial charge in [0.25, 0.3) is 0 Å². The van der Waals surface area contributed by atoms with Crippen molar-refractivity contribution in [2.75, 3.05) is 23.7 Å². The predicted octanol–water partition coefficient (Wildman–Crippen LogP) is 1.84. The Morgan fingerprint density at radius 2 is 1.91 bits per heavy atom. The first kappa shape index (κ1) is 14.5. The highest BCUT2D eigenvalue weighted by Gasteiger charge is 2.25. The average Bonchev–Trinajstić information content (AvgIpc) is 2.45. The van der Waals surface area contributed by atoms with Crippen LogP contribution in [0.25, 0.3) is 11.0 Å². The molecule has 114 valence electrons. The van der Waals surface area contributed by atoms with Gasteiger partial charge in [0.15, 0.2) is 11.5 Å². The molecule has 3 rings (SSSR count). The number of fused-ring (bicyclic) bond motifs is 1. The molecule has 0 bridgehead atoms. The maximum atomic E-state index is 14.4. The fourth-order valence-corrected chi connectivity index (χ4v) is 2.78. The van der Waals surface area contributed by atoms with E-state index in [0.717, 1.165) is 0 Å². The van der Waals surface area contributed by atoms with Crippen molar-refractivity contribution in [1.29, 1.82) is 5.26 Å². The van der Waals surface area contributed by atoms with E-state index < -0.39 is 5.82 Å². The molecule has 0 saturated carbocycles. The van der Waals surface area contributed by atoms with Gasteiger partial charge >= 0.3 is 0 Å². The standard InChI is InChI=1S/C15H16FN5O/c1-8-6-21(7-9(2)22-8)14-4-12-11(3-10(14)16)19-13(5-17)15(18)20-12/h3-4,8-9H,6-7H2,1-2H3,(H2,18,20)/t8-,9+. The van der Waals surface area contributed by atoms with Gasteiger partial charge in [0, 0.05) is 19.2 Å². The molecule has 7 heteroatoms. The summed E-state index contributed by atoms with van der Waals surface area (Å²) in [5.74, 6) is -0.340. The van der Waals surface area contributed by atoms with Crippen LogP contribution in [0.15, 0.2) is 12.1 Å². The Labute approximate surface area is 127 Å². The van der Waals surface area contributed by atoms with Gasteiger partial charge < -0.3 is 15.4 Å². The highest BCUT2D eigenvalue weighted by Crippen LogP contribution is 2.27. The molecule has 0 spiro atoms. The molecule has 2 atom stereocenters. The Bertz CT molecular complexity index is 763. The lowest BCUT2D eigenvalue weighted by atomic mass is 10.1. The van der Waals surface area contributed by atoms with Crippen LogP contribution in [0.1, 0.15) is 19.5 Å². The number of hydrogen-bond donors (Lipinski definition) is 1. The molecule has 0 radical (unpaired) electrons. The number of benzene rings is 1. The summed E-state index contributed by atoms with van der Waals surface area (Å²) in [6, 6.07) is 4.77. The molecular weight excluding hydrogens is 285 g/mol. The lowest BCUT2D eigenvalue weighted by molar-refractivity contribution is -0.00538. The molecule has 0 aliphatic carbocycles. The summed E-state index contributed by atoms with van der Waals surface area (Å²) in [5.41, 5.74) is 6.94. The van der Waals surface area contributed by atoms with Gasteiger partial charge in [-0.3, -0.25) is 0 Å². The van der Waals surface area contributed by atoms with Crippen LogP contribution in [0.4, 0.5) is 15.9 Å². The number of aromatic nitrogens is 2. The molecule has 2 aromatic rings. The van der Waals surface area contributed by atoms with Crippen molar-refractivity contribution in [3.63, 3.8) is 0 Å². The van der Waals surface area contributed by atoms with Crippen LogP contribution in [0.2, 0.25) is 0 Å². The number of ether oxygens (including phenoxy) is 1. The van der Waals surface area contributed by atoms with Crippen LogP contribution in [-0.4, -0.2) is 35.3 Å². The monoisotopic (exact) mass is 301 g/mol. The van der Waals surface area contributed by atoms with Crippen LogP contribution in [0.3, 0.4) is 0 Å². The van der Waals surface area contributed by atoms with Gasteiger partial charge in [-0.25, -0.2) is 14.4 Å². The number of nitrogens with two attached hydrogens (primary N) is 1. The Kier molecular flexibility index (Phi) is 3.54. The second-order valence-corrected chi connectivity index (χ2v) is 5.52. The first-order valence-corrected chi connectivity index (χ1v) is 7.05. The molecule has 1 aromatic carbocycles. The van der Waals surface area contributed by atoms with Gasteiger partial charge in [-0.05, 0) is 19.9 Å². The maximum Gasteiger partial charge on any atom is 0.183 e. The lowest BCUT2D eigenvalue weighted by Crippen LogP contribution is -2.45. The second-order valence-electron chi connectivity index (χ2n) is 5.52. The van der Waals surface area contributed by atoms with Crippen molar-refractivity contribution >= 4 is 22.5 Å². The predicted molar refractivity (Wildman–Crippen MR) is 80.8 cm³/mol. The van der Waals surface area contributed by atoms with E-state index in [9.17, 15) is 4.39 Å². The number of morpholine rings is 1. The van der Waals surface area contributed by atoms with Crippen molar-refractivity contribution in [3.8, 4) is 6.07 Å². The second kappa shape index (κ2) is 5.39. The van der Waals surface area contributed by atoms with Gasteiger partial charge in [-0.15, -0.1) is 0 Å². The summed E-state index contributed by atoms with van der Waals surface area (Å²) in [4.78, 5) is 10.1. The van der Waals surface area contributed by atoms with Crippen LogP contribution < -0.4 is 10.6 Å². The normalized spacial score (nSPS) is 21.8. The van der Waals surface area contributed by atoms with Crippen molar-refractivity contribution in [3.05, 3.63) is 23.6 Å². The summed E-state index contributed by atoms with van der Waals surface area (Å²) < 4.78 is 20.1. The summed E-state index contributed by atoms with van der Waals surface area (Å²) >= 11 is 0. The molecule has 1 aliphatic rings. The van der Waals surface area contributed by atoms with Crippen LogP contribution >= 0.6 is 0 Å². The third-order valence-corrected chi connectivity index (χ3v) is 3.63. The Balaban J connectivity index is 2.07. The summed E-state index contributed by atoms with van der Waals surface area (Å²) in [6.07, 6.45) is 0.0481. The number of hydrogen-bond acceptors (Lipinski definition) is 6. The molecule has 6 nitrogen and oxygen atoms in total. The quantitative estimate of drug-likeness (QED) is 0.864. The SMILES string of the molecule is C[C@@H]1CN(c2cc3nc(N)c(C#N)nc3cc2F)C[C@H](C)O1. The van der Waals surface area contributed by atoms with E-state index in [1.807, 2.05) is 24.8 Å². The Hall–Kier alpha value is -2.46. The van der Waals surface area contributed by atoms with Crippen molar-refractivity contribution in [2.45, 2.75) is 26.1 Å². The molecular formula is C15H16FN5O. The Morgan fingerprint density at radius 3 is 2.55 bits per heavy atom. The fraction of sp³-hybridized carbons (Fsp3) is 0.400. The number of nitrogens with zero attached hydrogens (tertiary/aromatic N) is 4. The summed E-state index contributed by atoms with van der Waals surface area (Å²) in [5, 5.41) is 8.92. The zero-order valence-electron chi connectivity index (χ0n) is 12.4. The molecule has 1 saturated heterocycles. The fourth-order valence-electron chi connectivity index (χ4n) is 2.78. The van der Waals surface area contributed by atoms with Crippen LogP contribution in [0.5, 0.6) is 0 Å². The van der Waals surface area contributed by atoms with E-state index in [-0.39, 0.29) is 23.7 Å².